The number of rotatable bonds is 8. The van der Waals surface area contributed by atoms with E-state index in [9.17, 15) is 18.3 Å². The fourth-order valence-electron chi connectivity index (χ4n) is 3.70. The van der Waals surface area contributed by atoms with Crippen molar-refractivity contribution in [2.24, 2.45) is 5.92 Å². The molecule has 3 rings (SSSR count). The summed E-state index contributed by atoms with van der Waals surface area (Å²) in [5.74, 6) is 0.596. The number of anilines is 1. The van der Waals surface area contributed by atoms with Gasteiger partial charge in [0.05, 0.1) is 30.2 Å². The van der Waals surface area contributed by atoms with Crippen LogP contribution in [0.25, 0.3) is 0 Å². The number of hydrogen-bond acceptors (Lipinski definition) is 7. The molecule has 1 aliphatic rings. The first-order valence-corrected chi connectivity index (χ1v) is 12.2. The van der Waals surface area contributed by atoms with Crippen LogP contribution >= 0.6 is 0 Å². The lowest BCUT2D eigenvalue weighted by molar-refractivity contribution is 0.0416. The summed E-state index contributed by atoms with van der Waals surface area (Å²) in [6, 6.07) is 10.2. The standard InChI is InChI=1S/C23H31N3O6S/c1-15-13-26(16(2)14-27)23(28)20-11-17(5-10-21(20)32-22(15)12-24-3)25-33(29,30)19-8-6-18(31-4)7-9-19/h5-11,15-16,22,24-25,27H,12-14H2,1-4H3/t15-,16-,22-/m0/s1. The predicted molar refractivity (Wildman–Crippen MR) is 125 cm³/mol. The van der Waals surface area contributed by atoms with Gasteiger partial charge < -0.3 is 24.8 Å². The van der Waals surface area contributed by atoms with Gasteiger partial charge in [-0.05, 0) is 56.4 Å². The van der Waals surface area contributed by atoms with E-state index in [2.05, 4.69) is 10.0 Å². The normalized spacial score (nSPS) is 19.7. The molecule has 3 N–H and O–H groups in total. The van der Waals surface area contributed by atoms with Crippen LogP contribution in [0.1, 0.15) is 24.2 Å². The summed E-state index contributed by atoms with van der Waals surface area (Å²) < 4.78 is 39.5. The van der Waals surface area contributed by atoms with Crippen molar-refractivity contribution in [1.29, 1.82) is 0 Å². The lowest BCUT2D eigenvalue weighted by Crippen LogP contribution is -2.49. The molecule has 0 aliphatic carbocycles. The number of amides is 1. The Morgan fingerprint density at radius 1 is 1.24 bits per heavy atom. The van der Waals surface area contributed by atoms with Crippen LogP contribution in [0, 0.1) is 5.92 Å². The number of carbonyl (C=O) groups excluding carboxylic acids is 1. The highest BCUT2D eigenvalue weighted by atomic mass is 32.2. The second-order valence-electron chi connectivity index (χ2n) is 8.17. The van der Waals surface area contributed by atoms with Crippen molar-refractivity contribution in [2.75, 3.05) is 38.6 Å². The van der Waals surface area contributed by atoms with E-state index in [0.717, 1.165) is 0 Å². The van der Waals surface area contributed by atoms with E-state index in [0.29, 0.717) is 24.6 Å². The molecule has 9 nitrogen and oxygen atoms in total. The summed E-state index contributed by atoms with van der Waals surface area (Å²) in [6.07, 6.45) is -0.211. The highest BCUT2D eigenvalue weighted by Crippen LogP contribution is 2.31. The average molecular weight is 478 g/mol. The largest absolute Gasteiger partial charge is 0.497 e. The van der Waals surface area contributed by atoms with Gasteiger partial charge in [0.25, 0.3) is 15.9 Å². The lowest BCUT2D eigenvalue weighted by atomic mass is 9.99. The number of fused-ring (bicyclic) bond motifs is 1. The SMILES string of the molecule is CNC[C@@H]1Oc2ccc(NS(=O)(=O)c3ccc(OC)cc3)cc2C(=O)N([C@@H](C)CO)C[C@@H]1C. The van der Waals surface area contributed by atoms with Crippen LogP contribution in [0.15, 0.2) is 47.4 Å². The molecule has 0 bridgehead atoms. The lowest BCUT2D eigenvalue weighted by Gasteiger charge is -2.37. The number of carbonyl (C=O) groups is 1. The summed E-state index contributed by atoms with van der Waals surface area (Å²) >= 11 is 0. The van der Waals surface area contributed by atoms with Gasteiger partial charge in [0.15, 0.2) is 0 Å². The van der Waals surface area contributed by atoms with Crippen LogP contribution in [-0.4, -0.2) is 70.3 Å². The molecule has 10 heteroatoms. The van der Waals surface area contributed by atoms with Gasteiger partial charge in [0.2, 0.25) is 0 Å². The van der Waals surface area contributed by atoms with Crippen LogP contribution in [0.5, 0.6) is 11.5 Å². The Morgan fingerprint density at radius 2 is 1.94 bits per heavy atom. The Labute approximate surface area is 194 Å². The van der Waals surface area contributed by atoms with Crippen molar-refractivity contribution in [2.45, 2.75) is 30.9 Å². The number of nitrogens with zero attached hydrogens (tertiary/aromatic N) is 1. The third kappa shape index (κ3) is 5.58. The molecular formula is C23H31N3O6S. The van der Waals surface area contributed by atoms with E-state index in [4.69, 9.17) is 9.47 Å². The van der Waals surface area contributed by atoms with Crippen LogP contribution in [0.3, 0.4) is 0 Å². The zero-order chi connectivity index (χ0) is 24.2. The number of methoxy groups -OCH3 is 1. The first kappa shape index (κ1) is 24.8. The van der Waals surface area contributed by atoms with E-state index >= 15 is 0 Å². The van der Waals surface area contributed by atoms with Crippen LogP contribution in [0.4, 0.5) is 5.69 Å². The Hall–Kier alpha value is -2.82. The maximum Gasteiger partial charge on any atom is 0.261 e. The molecule has 2 aromatic carbocycles. The third-order valence-corrected chi connectivity index (χ3v) is 7.09. The molecular weight excluding hydrogens is 446 g/mol. The maximum atomic E-state index is 13.4. The fraction of sp³-hybridized carbons (Fsp3) is 0.435. The zero-order valence-electron chi connectivity index (χ0n) is 19.2. The van der Waals surface area contributed by atoms with Crippen LogP contribution < -0.4 is 19.5 Å². The summed E-state index contributed by atoms with van der Waals surface area (Å²) in [4.78, 5) is 15.1. The highest BCUT2D eigenvalue weighted by Gasteiger charge is 2.33. The molecule has 2 aromatic rings. The predicted octanol–water partition coefficient (Wildman–Crippen LogP) is 1.94. The molecule has 0 saturated carbocycles. The Kier molecular flexibility index (Phi) is 7.83. The summed E-state index contributed by atoms with van der Waals surface area (Å²) in [6.45, 7) is 4.55. The molecule has 3 atom stereocenters. The van der Waals surface area contributed by atoms with Gasteiger partial charge in [-0.25, -0.2) is 8.42 Å². The van der Waals surface area contributed by atoms with Gasteiger partial charge in [-0.1, -0.05) is 6.92 Å². The molecule has 180 valence electrons. The number of hydrogen-bond donors (Lipinski definition) is 3. The molecule has 1 aliphatic heterocycles. The Balaban J connectivity index is 1.97. The van der Waals surface area contributed by atoms with E-state index in [1.54, 1.807) is 36.1 Å². The van der Waals surface area contributed by atoms with Crippen molar-refractivity contribution < 1.29 is 27.8 Å². The minimum atomic E-state index is -3.88. The van der Waals surface area contributed by atoms with Crippen molar-refractivity contribution in [3.05, 3.63) is 48.0 Å². The van der Waals surface area contributed by atoms with Gasteiger partial charge in [-0.15, -0.1) is 0 Å². The highest BCUT2D eigenvalue weighted by molar-refractivity contribution is 7.92. The Bertz CT molecular complexity index is 1070. The minimum absolute atomic E-state index is 0.0109. The molecule has 0 spiro atoms. The number of likely N-dealkylation sites (N-methyl/N-ethyl adjacent to an activating group) is 1. The Morgan fingerprint density at radius 3 is 2.55 bits per heavy atom. The van der Waals surface area contributed by atoms with Crippen LogP contribution in [-0.2, 0) is 10.0 Å². The molecule has 0 radical (unpaired) electrons. The number of benzene rings is 2. The first-order valence-electron chi connectivity index (χ1n) is 10.7. The number of ether oxygens (including phenoxy) is 2. The van der Waals surface area contributed by atoms with Crippen LogP contribution in [0.2, 0.25) is 0 Å². The second-order valence-corrected chi connectivity index (χ2v) is 9.85. The summed E-state index contributed by atoms with van der Waals surface area (Å²) in [5, 5.41) is 12.8. The first-order chi connectivity index (χ1) is 15.7. The van der Waals surface area contributed by atoms with Crippen molar-refractivity contribution in [1.82, 2.24) is 10.2 Å². The van der Waals surface area contributed by atoms with Gasteiger partial charge in [-0.3, -0.25) is 9.52 Å². The molecule has 1 heterocycles. The average Bonchev–Trinajstić information content (AvgIpc) is 2.81. The van der Waals surface area contributed by atoms with E-state index in [1.165, 1.54) is 25.3 Å². The van der Waals surface area contributed by atoms with Gasteiger partial charge in [0.1, 0.15) is 17.6 Å². The van der Waals surface area contributed by atoms with Crippen molar-refractivity contribution >= 4 is 21.6 Å². The number of aliphatic hydroxyl groups excluding tert-OH is 1. The van der Waals surface area contributed by atoms with Gasteiger partial charge >= 0.3 is 0 Å². The summed E-state index contributed by atoms with van der Waals surface area (Å²) in [7, 11) is -0.556. The van der Waals surface area contributed by atoms with Gasteiger partial charge in [-0.2, -0.15) is 0 Å². The number of nitrogens with one attached hydrogen (secondary N) is 2. The van der Waals surface area contributed by atoms with E-state index in [-0.39, 0.29) is 40.7 Å². The fourth-order valence-corrected chi connectivity index (χ4v) is 4.75. The number of sulfonamides is 1. The molecule has 0 fully saturated rings. The second kappa shape index (κ2) is 10.4. The monoisotopic (exact) mass is 477 g/mol. The molecule has 0 unspecified atom stereocenters. The topological polar surface area (TPSA) is 117 Å². The molecule has 33 heavy (non-hydrogen) atoms. The summed E-state index contributed by atoms with van der Waals surface area (Å²) in [5.41, 5.74) is 0.468. The minimum Gasteiger partial charge on any atom is -0.497 e. The van der Waals surface area contributed by atoms with E-state index in [1.807, 2.05) is 14.0 Å². The van der Waals surface area contributed by atoms with Crippen molar-refractivity contribution in [3.63, 3.8) is 0 Å². The number of aliphatic hydroxyl groups is 1. The molecule has 0 saturated heterocycles. The van der Waals surface area contributed by atoms with E-state index < -0.39 is 16.1 Å². The van der Waals surface area contributed by atoms with Gasteiger partial charge in [0, 0.05) is 24.7 Å². The third-order valence-electron chi connectivity index (χ3n) is 5.69. The quantitative estimate of drug-likeness (QED) is 0.532. The molecule has 0 aromatic heterocycles. The zero-order valence-corrected chi connectivity index (χ0v) is 20.1. The maximum absolute atomic E-state index is 13.4. The van der Waals surface area contributed by atoms with Crippen molar-refractivity contribution in [3.8, 4) is 11.5 Å². The molecule has 1 amide bonds. The smallest absolute Gasteiger partial charge is 0.261 e.